The number of rotatable bonds is 8. The normalized spacial score (nSPS) is 10.8. The molecule has 0 unspecified atom stereocenters. The van der Waals surface area contributed by atoms with Crippen LogP contribution < -0.4 is 5.73 Å². The van der Waals surface area contributed by atoms with Gasteiger partial charge < -0.3 is 25.0 Å². The van der Waals surface area contributed by atoms with Crippen LogP contribution in [-0.2, 0) is 13.6 Å². The predicted molar refractivity (Wildman–Crippen MR) is 63.3 cm³/mol. The van der Waals surface area contributed by atoms with E-state index in [0.717, 1.165) is 0 Å². The third-order valence-electron chi connectivity index (χ3n) is 1.48. The number of hydrogen-bond acceptors (Lipinski definition) is 6. The second kappa shape index (κ2) is 13.1. The fraction of sp³-hybridized carbons (Fsp3) is 1.00. The van der Waals surface area contributed by atoms with Crippen molar-refractivity contribution in [3.8, 4) is 0 Å². The maximum Gasteiger partial charge on any atom is 0.344 e. The van der Waals surface area contributed by atoms with Gasteiger partial charge in [0.2, 0.25) is 0 Å². The highest BCUT2D eigenvalue weighted by atomic mass is 31.2. The molecule has 0 rings (SSSR count). The standard InChI is InChI=1S/C5H14NO5P.C4H10/c6-5-12(9,10-3-1-7)11-4-2-8;1-3-4-2/h7-8H,1-6H2;3-4H2,1-2H3. The van der Waals surface area contributed by atoms with E-state index in [-0.39, 0.29) is 32.7 Å². The molecular formula is C9H24NO5P. The molecule has 0 heterocycles. The van der Waals surface area contributed by atoms with Crippen LogP contribution in [0.4, 0.5) is 0 Å². The van der Waals surface area contributed by atoms with Gasteiger partial charge in [-0.2, -0.15) is 0 Å². The van der Waals surface area contributed by atoms with Crippen molar-refractivity contribution in [2.24, 2.45) is 5.73 Å². The second-order valence-corrected chi connectivity index (χ2v) is 5.01. The molecule has 0 saturated carbocycles. The lowest BCUT2D eigenvalue weighted by Crippen LogP contribution is -2.11. The van der Waals surface area contributed by atoms with E-state index in [0.29, 0.717) is 0 Å². The Balaban J connectivity index is 0. The van der Waals surface area contributed by atoms with Gasteiger partial charge in [-0.3, -0.25) is 4.57 Å². The van der Waals surface area contributed by atoms with E-state index >= 15 is 0 Å². The lowest BCUT2D eigenvalue weighted by Gasteiger charge is -2.15. The molecule has 0 aliphatic rings. The minimum absolute atomic E-state index is 0.0834. The lowest BCUT2D eigenvalue weighted by molar-refractivity contribution is 0.141. The zero-order valence-corrected chi connectivity index (χ0v) is 11.0. The molecule has 0 atom stereocenters. The molecule has 4 N–H and O–H groups in total. The molecule has 0 aromatic heterocycles. The summed E-state index contributed by atoms with van der Waals surface area (Å²) < 4.78 is 20.7. The maximum absolute atomic E-state index is 11.3. The topological polar surface area (TPSA) is 102 Å². The first-order chi connectivity index (χ1) is 7.60. The van der Waals surface area contributed by atoms with Crippen LogP contribution in [0.3, 0.4) is 0 Å². The highest BCUT2D eigenvalue weighted by molar-refractivity contribution is 7.53. The average molecular weight is 257 g/mol. The van der Waals surface area contributed by atoms with Gasteiger partial charge in [-0.15, -0.1) is 0 Å². The Morgan fingerprint density at radius 3 is 1.62 bits per heavy atom. The van der Waals surface area contributed by atoms with Crippen molar-refractivity contribution in [2.45, 2.75) is 26.7 Å². The summed E-state index contributed by atoms with van der Waals surface area (Å²) in [6.07, 6.45) is 2.38. The Bertz CT molecular complexity index is 165. The summed E-state index contributed by atoms with van der Waals surface area (Å²) in [6.45, 7) is 3.71. The summed E-state index contributed by atoms with van der Waals surface area (Å²) in [5.41, 5.74) is 5.11. The highest BCUT2D eigenvalue weighted by Gasteiger charge is 2.21. The summed E-state index contributed by atoms with van der Waals surface area (Å²) in [4.78, 5) is 0. The van der Waals surface area contributed by atoms with Gasteiger partial charge in [-0.05, 0) is 0 Å². The van der Waals surface area contributed by atoms with Crippen LogP contribution in [0.2, 0.25) is 0 Å². The number of nitrogens with two attached hydrogens (primary N) is 1. The molecule has 0 fully saturated rings. The smallest absolute Gasteiger partial charge is 0.344 e. The molecule has 0 spiro atoms. The Hall–Kier alpha value is 0.0300. The number of aliphatic hydroxyl groups excluding tert-OH is 2. The number of aliphatic hydroxyl groups is 2. The van der Waals surface area contributed by atoms with Crippen molar-refractivity contribution in [3.63, 3.8) is 0 Å². The Kier molecular flexibility index (Phi) is 15.1. The van der Waals surface area contributed by atoms with E-state index < -0.39 is 7.60 Å². The Morgan fingerprint density at radius 1 is 1.06 bits per heavy atom. The molecule has 0 aliphatic carbocycles. The van der Waals surface area contributed by atoms with Crippen LogP contribution >= 0.6 is 7.60 Å². The van der Waals surface area contributed by atoms with Gasteiger partial charge in [-0.25, -0.2) is 0 Å². The van der Waals surface area contributed by atoms with Gasteiger partial charge >= 0.3 is 7.60 Å². The summed E-state index contributed by atoms with van der Waals surface area (Å²) in [6, 6.07) is 0. The molecule has 16 heavy (non-hydrogen) atoms. The first kappa shape index (κ1) is 18.4. The first-order valence-corrected chi connectivity index (χ1v) is 7.12. The minimum atomic E-state index is -3.28. The summed E-state index contributed by atoms with van der Waals surface area (Å²) in [7, 11) is -3.28. The molecule has 0 aliphatic heterocycles. The molecule has 0 radical (unpaired) electrons. The van der Waals surface area contributed by atoms with Crippen molar-refractivity contribution in [1.82, 2.24) is 0 Å². The lowest BCUT2D eigenvalue weighted by atomic mass is 10.4. The van der Waals surface area contributed by atoms with Crippen LogP contribution in [0, 0.1) is 0 Å². The van der Waals surface area contributed by atoms with Crippen molar-refractivity contribution in [3.05, 3.63) is 0 Å². The van der Waals surface area contributed by atoms with Crippen molar-refractivity contribution >= 4 is 7.60 Å². The quantitative estimate of drug-likeness (QED) is 0.559. The van der Waals surface area contributed by atoms with Crippen LogP contribution in [0.1, 0.15) is 26.7 Å². The van der Waals surface area contributed by atoms with E-state index in [1.807, 2.05) is 0 Å². The SMILES string of the molecule is CCCC.NCP(=O)(OCCO)OCCO. The van der Waals surface area contributed by atoms with Crippen molar-refractivity contribution in [2.75, 3.05) is 32.7 Å². The van der Waals surface area contributed by atoms with Gasteiger partial charge in [0, 0.05) is 0 Å². The summed E-state index contributed by atoms with van der Waals surface area (Å²) in [5, 5.41) is 16.7. The van der Waals surface area contributed by atoms with E-state index in [2.05, 4.69) is 22.9 Å². The minimum Gasteiger partial charge on any atom is -0.394 e. The highest BCUT2D eigenvalue weighted by Crippen LogP contribution is 2.45. The fourth-order valence-electron chi connectivity index (χ4n) is 0.502. The van der Waals surface area contributed by atoms with Crippen LogP contribution in [0.25, 0.3) is 0 Å². The van der Waals surface area contributed by atoms with Gasteiger partial charge in [-0.1, -0.05) is 26.7 Å². The van der Waals surface area contributed by atoms with E-state index in [1.54, 1.807) is 0 Å². The number of unbranched alkanes of at least 4 members (excludes halogenated alkanes) is 1. The molecule has 0 aromatic carbocycles. The Labute approximate surface area is 97.3 Å². The Morgan fingerprint density at radius 2 is 1.44 bits per heavy atom. The largest absolute Gasteiger partial charge is 0.394 e. The molecule has 0 saturated heterocycles. The van der Waals surface area contributed by atoms with Crippen LogP contribution in [-0.4, -0.2) is 42.9 Å². The third-order valence-corrected chi connectivity index (χ3v) is 3.08. The van der Waals surface area contributed by atoms with Crippen LogP contribution in [0.5, 0.6) is 0 Å². The molecule has 100 valence electrons. The van der Waals surface area contributed by atoms with Crippen LogP contribution in [0.15, 0.2) is 0 Å². The third kappa shape index (κ3) is 12.1. The summed E-state index contributed by atoms with van der Waals surface area (Å²) in [5.74, 6) is 0. The number of hydrogen-bond donors (Lipinski definition) is 3. The predicted octanol–water partition coefficient (Wildman–Crippen LogP) is 0.920. The van der Waals surface area contributed by atoms with E-state index in [9.17, 15) is 4.57 Å². The zero-order chi connectivity index (χ0) is 12.9. The van der Waals surface area contributed by atoms with E-state index in [4.69, 9.17) is 15.9 Å². The maximum atomic E-state index is 11.3. The van der Waals surface area contributed by atoms with Crippen molar-refractivity contribution < 1.29 is 23.8 Å². The van der Waals surface area contributed by atoms with E-state index in [1.165, 1.54) is 12.8 Å². The summed E-state index contributed by atoms with van der Waals surface area (Å²) >= 11 is 0. The van der Waals surface area contributed by atoms with Gasteiger partial charge in [0.15, 0.2) is 0 Å². The van der Waals surface area contributed by atoms with Gasteiger partial charge in [0.1, 0.15) is 0 Å². The average Bonchev–Trinajstić information content (AvgIpc) is 2.34. The zero-order valence-electron chi connectivity index (χ0n) is 10.1. The monoisotopic (exact) mass is 257 g/mol. The van der Waals surface area contributed by atoms with Gasteiger partial charge in [0.05, 0.1) is 32.7 Å². The molecule has 0 aromatic rings. The van der Waals surface area contributed by atoms with Crippen molar-refractivity contribution in [1.29, 1.82) is 0 Å². The fourth-order valence-corrected chi connectivity index (χ4v) is 1.51. The first-order valence-electron chi connectivity index (χ1n) is 5.40. The van der Waals surface area contributed by atoms with Gasteiger partial charge in [0.25, 0.3) is 0 Å². The molecule has 6 nitrogen and oxygen atoms in total. The molecule has 0 bridgehead atoms. The molecule has 7 heteroatoms. The molecule has 0 amide bonds. The molecular weight excluding hydrogens is 233 g/mol. The second-order valence-electron chi connectivity index (χ2n) is 2.91.